The van der Waals surface area contributed by atoms with E-state index in [1.807, 2.05) is 0 Å². The van der Waals surface area contributed by atoms with Gasteiger partial charge in [-0.3, -0.25) is 0 Å². The lowest BCUT2D eigenvalue weighted by molar-refractivity contribution is -0.0630. The molecule has 0 radical (unpaired) electrons. The molecule has 16 heavy (non-hydrogen) atoms. The SMILES string of the molecule is Nc1cc(F)ccc1C(O)C1CCCCO1. The highest BCUT2D eigenvalue weighted by atomic mass is 19.1. The van der Waals surface area contributed by atoms with Crippen molar-refractivity contribution in [1.82, 2.24) is 0 Å². The number of aliphatic hydroxyl groups is 1. The minimum atomic E-state index is -0.763. The molecule has 88 valence electrons. The first-order chi connectivity index (χ1) is 7.68. The van der Waals surface area contributed by atoms with Crippen molar-refractivity contribution in [3.63, 3.8) is 0 Å². The average Bonchev–Trinajstić information content (AvgIpc) is 2.29. The normalized spacial score (nSPS) is 23.0. The summed E-state index contributed by atoms with van der Waals surface area (Å²) in [6.07, 6.45) is 1.91. The van der Waals surface area contributed by atoms with Crippen LogP contribution in [0.15, 0.2) is 18.2 Å². The van der Waals surface area contributed by atoms with Crippen LogP contribution in [0.3, 0.4) is 0 Å². The Labute approximate surface area is 94.0 Å². The van der Waals surface area contributed by atoms with E-state index in [1.54, 1.807) is 0 Å². The third-order valence-electron chi connectivity index (χ3n) is 2.93. The fourth-order valence-corrected chi connectivity index (χ4v) is 2.03. The summed E-state index contributed by atoms with van der Waals surface area (Å²) in [6, 6.07) is 4.05. The Morgan fingerprint density at radius 2 is 2.25 bits per heavy atom. The van der Waals surface area contributed by atoms with E-state index < -0.39 is 11.9 Å². The number of aliphatic hydroxyl groups excluding tert-OH is 1. The summed E-state index contributed by atoms with van der Waals surface area (Å²) < 4.78 is 18.3. The molecule has 0 amide bonds. The third-order valence-corrected chi connectivity index (χ3v) is 2.93. The highest BCUT2D eigenvalue weighted by Gasteiger charge is 2.25. The van der Waals surface area contributed by atoms with E-state index in [9.17, 15) is 9.50 Å². The van der Waals surface area contributed by atoms with Gasteiger partial charge >= 0.3 is 0 Å². The van der Waals surface area contributed by atoms with E-state index in [2.05, 4.69) is 0 Å². The fourth-order valence-electron chi connectivity index (χ4n) is 2.03. The predicted octanol–water partition coefficient (Wildman–Crippen LogP) is 2.01. The number of hydrogen-bond donors (Lipinski definition) is 2. The number of benzene rings is 1. The van der Waals surface area contributed by atoms with Gasteiger partial charge in [-0.05, 0) is 31.4 Å². The Hall–Kier alpha value is -1.13. The zero-order valence-electron chi connectivity index (χ0n) is 9.03. The number of anilines is 1. The maximum Gasteiger partial charge on any atom is 0.125 e. The van der Waals surface area contributed by atoms with Crippen LogP contribution in [0.2, 0.25) is 0 Å². The van der Waals surface area contributed by atoms with Crippen molar-refractivity contribution in [2.75, 3.05) is 12.3 Å². The molecule has 0 saturated carbocycles. The maximum absolute atomic E-state index is 12.9. The van der Waals surface area contributed by atoms with Crippen LogP contribution in [0.4, 0.5) is 10.1 Å². The van der Waals surface area contributed by atoms with Crippen LogP contribution in [0.5, 0.6) is 0 Å². The van der Waals surface area contributed by atoms with E-state index >= 15 is 0 Å². The summed E-state index contributed by atoms with van der Waals surface area (Å²) in [6.45, 7) is 0.669. The first-order valence-corrected chi connectivity index (χ1v) is 5.53. The van der Waals surface area contributed by atoms with Gasteiger partial charge < -0.3 is 15.6 Å². The number of nitrogen functional groups attached to an aromatic ring is 1. The molecule has 3 N–H and O–H groups in total. The highest BCUT2D eigenvalue weighted by molar-refractivity contribution is 5.48. The molecular formula is C12H16FNO2. The van der Waals surface area contributed by atoms with E-state index in [0.717, 1.165) is 19.3 Å². The minimum Gasteiger partial charge on any atom is -0.398 e. The molecule has 1 heterocycles. The van der Waals surface area contributed by atoms with Gasteiger partial charge in [-0.2, -0.15) is 0 Å². The fraction of sp³-hybridized carbons (Fsp3) is 0.500. The van der Waals surface area contributed by atoms with Crippen molar-refractivity contribution in [1.29, 1.82) is 0 Å². The molecule has 1 aromatic rings. The highest BCUT2D eigenvalue weighted by Crippen LogP contribution is 2.29. The van der Waals surface area contributed by atoms with Crippen LogP contribution < -0.4 is 5.73 Å². The Morgan fingerprint density at radius 1 is 1.44 bits per heavy atom. The van der Waals surface area contributed by atoms with E-state index in [4.69, 9.17) is 10.5 Å². The molecule has 3 nitrogen and oxygen atoms in total. The van der Waals surface area contributed by atoms with Gasteiger partial charge in [-0.15, -0.1) is 0 Å². The number of rotatable bonds is 2. The van der Waals surface area contributed by atoms with Gasteiger partial charge in [0.25, 0.3) is 0 Å². The molecule has 0 aliphatic carbocycles. The van der Waals surface area contributed by atoms with Crippen molar-refractivity contribution in [2.45, 2.75) is 31.5 Å². The summed E-state index contributed by atoms with van der Waals surface area (Å²) in [7, 11) is 0. The lowest BCUT2D eigenvalue weighted by Gasteiger charge is -2.27. The summed E-state index contributed by atoms with van der Waals surface area (Å²) in [5.41, 5.74) is 6.50. The van der Waals surface area contributed by atoms with Crippen LogP contribution in [0, 0.1) is 5.82 Å². The smallest absolute Gasteiger partial charge is 0.125 e. The van der Waals surface area contributed by atoms with Crippen molar-refractivity contribution in [3.8, 4) is 0 Å². The van der Waals surface area contributed by atoms with Gasteiger partial charge in [0.1, 0.15) is 11.9 Å². The van der Waals surface area contributed by atoms with Gasteiger partial charge in [0, 0.05) is 17.9 Å². The van der Waals surface area contributed by atoms with Gasteiger partial charge in [0.15, 0.2) is 0 Å². The molecule has 1 fully saturated rings. The standard InChI is InChI=1S/C12H16FNO2/c13-8-4-5-9(10(14)7-8)12(15)11-3-1-2-6-16-11/h4-5,7,11-12,15H,1-3,6,14H2. The van der Waals surface area contributed by atoms with Gasteiger partial charge in [-0.1, -0.05) is 6.07 Å². The van der Waals surface area contributed by atoms with Crippen molar-refractivity contribution in [3.05, 3.63) is 29.6 Å². The molecular weight excluding hydrogens is 209 g/mol. The number of halogens is 1. The summed E-state index contributed by atoms with van der Waals surface area (Å²) in [5, 5.41) is 10.1. The van der Waals surface area contributed by atoms with Crippen LogP contribution >= 0.6 is 0 Å². The Morgan fingerprint density at radius 3 is 2.88 bits per heavy atom. The van der Waals surface area contributed by atoms with Gasteiger partial charge in [0.2, 0.25) is 0 Å². The van der Waals surface area contributed by atoms with Crippen molar-refractivity contribution < 1.29 is 14.2 Å². The van der Waals surface area contributed by atoms with E-state index in [1.165, 1.54) is 18.2 Å². The first kappa shape index (κ1) is 11.4. The maximum atomic E-state index is 12.9. The number of hydrogen-bond acceptors (Lipinski definition) is 3. The van der Waals surface area contributed by atoms with Crippen LogP contribution in [-0.4, -0.2) is 17.8 Å². The van der Waals surface area contributed by atoms with Crippen LogP contribution in [-0.2, 0) is 4.74 Å². The topological polar surface area (TPSA) is 55.5 Å². The second kappa shape index (κ2) is 4.80. The molecule has 2 rings (SSSR count). The summed E-state index contributed by atoms with van der Waals surface area (Å²) >= 11 is 0. The van der Waals surface area contributed by atoms with Gasteiger partial charge in [0.05, 0.1) is 6.10 Å². The first-order valence-electron chi connectivity index (χ1n) is 5.53. The molecule has 1 aromatic carbocycles. The second-order valence-electron chi connectivity index (χ2n) is 4.12. The van der Waals surface area contributed by atoms with Crippen molar-refractivity contribution in [2.24, 2.45) is 0 Å². The molecule has 2 unspecified atom stereocenters. The number of nitrogens with two attached hydrogens (primary N) is 1. The lowest BCUT2D eigenvalue weighted by Crippen LogP contribution is -2.26. The zero-order chi connectivity index (χ0) is 11.5. The van der Waals surface area contributed by atoms with E-state index in [0.29, 0.717) is 12.2 Å². The predicted molar refractivity (Wildman–Crippen MR) is 59.4 cm³/mol. The lowest BCUT2D eigenvalue weighted by atomic mass is 9.97. The zero-order valence-corrected chi connectivity index (χ0v) is 9.03. The monoisotopic (exact) mass is 225 g/mol. The quantitative estimate of drug-likeness (QED) is 0.757. The summed E-state index contributed by atoms with van der Waals surface area (Å²) in [4.78, 5) is 0. The third kappa shape index (κ3) is 2.33. The molecule has 2 atom stereocenters. The van der Waals surface area contributed by atoms with Crippen LogP contribution in [0.1, 0.15) is 30.9 Å². The Kier molecular flexibility index (Phi) is 3.41. The Balaban J connectivity index is 2.15. The average molecular weight is 225 g/mol. The molecule has 0 aromatic heterocycles. The van der Waals surface area contributed by atoms with E-state index in [-0.39, 0.29) is 11.8 Å². The van der Waals surface area contributed by atoms with Crippen molar-refractivity contribution >= 4 is 5.69 Å². The van der Waals surface area contributed by atoms with Gasteiger partial charge in [-0.25, -0.2) is 4.39 Å². The summed E-state index contributed by atoms with van der Waals surface area (Å²) in [5.74, 6) is -0.391. The second-order valence-corrected chi connectivity index (χ2v) is 4.12. The molecule has 0 spiro atoms. The molecule has 4 heteroatoms. The largest absolute Gasteiger partial charge is 0.398 e. The van der Waals surface area contributed by atoms with Crippen LogP contribution in [0.25, 0.3) is 0 Å². The molecule has 1 saturated heterocycles. The molecule has 0 bridgehead atoms. The number of ether oxygens (including phenoxy) is 1. The minimum absolute atomic E-state index is 0.221. The molecule has 1 aliphatic rings. The Bertz CT molecular complexity index is 364. The molecule has 1 aliphatic heterocycles.